The van der Waals surface area contributed by atoms with Crippen LogP contribution >= 0.6 is 0 Å². The van der Waals surface area contributed by atoms with Gasteiger partial charge in [-0.1, -0.05) is 0 Å². The fraction of sp³-hybridized carbons (Fsp3) is 1.00. The third-order valence-electron chi connectivity index (χ3n) is 0.323. The van der Waals surface area contributed by atoms with Gasteiger partial charge in [0.2, 0.25) is 0 Å². The molecular weight excluding hydrogens is 138 g/mol. The predicted molar refractivity (Wildman–Crippen MR) is 18.2 cm³/mol. The number of hydrogen-bond donors (Lipinski definition) is 0. The molecule has 0 unspecified atom stereocenters. The van der Waals surface area contributed by atoms with E-state index < -0.39 is 19.5 Å². The second-order valence-corrected chi connectivity index (χ2v) is 1.07. The van der Waals surface area contributed by atoms with Gasteiger partial charge in [0, 0.05) is 0 Å². The third-order valence-corrected chi connectivity index (χ3v) is 0.323. The van der Waals surface area contributed by atoms with Gasteiger partial charge in [0.1, 0.15) is 13.2 Å². The van der Waals surface area contributed by atoms with E-state index in [-0.39, 0.29) is 0 Å². The van der Waals surface area contributed by atoms with Crippen molar-refractivity contribution < 1.29 is 28.8 Å². The van der Waals surface area contributed by atoms with Gasteiger partial charge in [-0.05, 0) is 0 Å². The zero-order valence-corrected chi connectivity index (χ0v) is 4.30. The largest absolute Gasteiger partial charge is 0.539 e. The molecular formula is C3H4F2O4. The number of hydrogen-bond acceptors (Lipinski definition) is 2. The lowest BCUT2D eigenvalue weighted by Gasteiger charge is -2.03. The number of halogens is 2. The Morgan fingerprint density at radius 3 is 2.33 bits per heavy atom. The van der Waals surface area contributed by atoms with Gasteiger partial charge in [-0.25, -0.2) is 9.99 Å². The Morgan fingerprint density at radius 2 is 2.00 bits per heavy atom. The van der Waals surface area contributed by atoms with Crippen LogP contribution in [0.25, 0.3) is 0 Å². The molecule has 0 saturated heterocycles. The minimum atomic E-state index is -4.56. The summed E-state index contributed by atoms with van der Waals surface area (Å²) >= 11 is 0. The fourth-order valence-corrected chi connectivity index (χ4v) is 0.144. The highest BCUT2D eigenvalue weighted by Gasteiger charge is 2.30. The second-order valence-electron chi connectivity index (χ2n) is 1.07. The van der Waals surface area contributed by atoms with Crippen LogP contribution in [0.2, 0.25) is 0 Å². The maximum absolute atomic E-state index is 11.0. The molecule has 0 heterocycles. The lowest BCUT2D eigenvalue weighted by Crippen LogP contribution is -2.18. The molecule has 0 aromatic carbocycles. The smallest absolute Gasteiger partial charge is 0.234 e. The standard InChI is InChI=1S/C3H4F2O4/c4-3(5,7)9-8-2-1-6/h1-2H2. The van der Waals surface area contributed by atoms with Crippen LogP contribution in [0.1, 0.15) is 0 Å². The first kappa shape index (κ1) is 8.70. The van der Waals surface area contributed by atoms with Crippen LogP contribution in [0.4, 0.5) is 8.78 Å². The summed E-state index contributed by atoms with van der Waals surface area (Å²) in [5, 5.41) is 18.7. The average molecular weight is 142 g/mol. The normalized spacial score (nSPS) is 12.0. The van der Waals surface area contributed by atoms with E-state index >= 15 is 0 Å². The summed E-state index contributed by atoms with van der Waals surface area (Å²) in [7, 11) is 0. The summed E-state index contributed by atoms with van der Waals surface area (Å²) in [6.07, 6.45) is -4.56. The zero-order valence-electron chi connectivity index (χ0n) is 4.30. The Labute approximate surface area is 49.5 Å². The van der Waals surface area contributed by atoms with Crippen molar-refractivity contribution in [3.8, 4) is 0 Å². The molecule has 0 amide bonds. The Bertz CT molecular complexity index is 70.7. The molecule has 0 aliphatic rings. The molecule has 4 nitrogen and oxygen atoms in total. The SMILES string of the molecule is [O]CCOOC([O])(F)F. The monoisotopic (exact) mass is 142 g/mol. The Morgan fingerprint density at radius 1 is 1.44 bits per heavy atom. The molecule has 0 saturated carbocycles. The molecule has 0 N–H and O–H groups in total. The topological polar surface area (TPSA) is 58.3 Å². The van der Waals surface area contributed by atoms with E-state index in [0.29, 0.717) is 0 Å². The average Bonchev–Trinajstić information content (AvgIpc) is 1.63. The molecule has 0 aliphatic carbocycles. The molecule has 6 heteroatoms. The predicted octanol–water partition coefficient (Wildman–Crippen LogP) is 0.346. The minimum absolute atomic E-state index is 0.558. The molecule has 9 heavy (non-hydrogen) atoms. The van der Waals surface area contributed by atoms with Crippen LogP contribution < -0.4 is 0 Å². The minimum Gasteiger partial charge on any atom is -0.234 e. The second kappa shape index (κ2) is 3.67. The van der Waals surface area contributed by atoms with E-state index in [9.17, 15) is 19.0 Å². The van der Waals surface area contributed by atoms with E-state index in [1.165, 1.54) is 0 Å². The summed E-state index contributed by atoms with van der Waals surface area (Å²) in [6.45, 7) is -1.28. The molecule has 54 valence electrons. The van der Waals surface area contributed by atoms with Gasteiger partial charge >= 0.3 is 6.29 Å². The van der Waals surface area contributed by atoms with Crippen LogP contribution in [-0.4, -0.2) is 19.5 Å². The van der Waals surface area contributed by atoms with Gasteiger partial charge in [0.15, 0.2) is 0 Å². The summed E-state index contributed by atoms with van der Waals surface area (Å²) in [6, 6.07) is 0. The number of alkyl halides is 2. The van der Waals surface area contributed by atoms with Crippen molar-refractivity contribution in [2.24, 2.45) is 0 Å². The van der Waals surface area contributed by atoms with Crippen LogP contribution in [0, 0.1) is 0 Å². The van der Waals surface area contributed by atoms with Gasteiger partial charge in [-0.2, -0.15) is 0 Å². The van der Waals surface area contributed by atoms with E-state index in [1.807, 2.05) is 0 Å². The molecule has 0 atom stereocenters. The fourth-order valence-electron chi connectivity index (χ4n) is 0.144. The van der Waals surface area contributed by atoms with E-state index in [4.69, 9.17) is 0 Å². The molecule has 0 bridgehead atoms. The first-order valence-electron chi connectivity index (χ1n) is 2.03. The van der Waals surface area contributed by atoms with Crippen molar-refractivity contribution in [2.75, 3.05) is 13.2 Å². The van der Waals surface area contributed by atoms with Gasteiger partial charge in [0.05, 0.1) is 0 Å². The zero-order chi connectivity index (χ0) is 7.33. The summed E-state index contributed by atoms with van der Waals surface area (Å²) in [5.74, 6) is 0. The van der Waals surface area contributed by atoms with Crippen LogP contribution in [0.5, 0.6) is 0 Å². The Hall–Kier alpha value is -0.300. The van der Waals surface area contributed by atoms with Crippen molar-refractivity contribution in [3.63, 3.8) is 0 Å². The highest BCUT2D eigenvalue weighted by Crippen LogP contribution is 2.10. The molecule has 0 aliphatic heterocycles. The highest BCUT2D eigenvalue weighted by molar-refractivity contribution is 4.15. The Kier molecular flexibility index (Phi) is 3.55. The van der Waals surface area contributed by atoms with Crippen LogP contribution in [0.15, 0.2) is 0 Å². The van der Waals surface area contributed by atoms with Crippen LogP contribution in [0.3, 0.4) is 0 Å². The van der Waals surface area contributed by atoms with Crippen LogP contribution in [-0.2, 0) is 20.0 Å². The molecule has 0 rings (SSSR count). The molecule has 0 fully saturated rings. The van der Waals surface area contributed by atoms with Gasteiger partial charge in [0.25, 0.3) is 0 Å². The quantitative estimate of drug-likeness (QED) is 0.246. The van der Waals surface area contributed by atoms with E-state index in [2.05, 4.69) is 9.78 Å². The molecule has 0 spiro atoms. The first-order valence-corrected chi connectivity index (χ1v) is 2.03. The number of rotatable bonds is 4. The Balaban J connectivity index is 3.07. The van der Waals surface area contributed by atoms with E-state index in [1.54, 1.807) is 0 Å². The first-order chi connectivity index (χ1) is 4.06. The highest BCUT2D eigenvalue weighted by atomic mass is 19.3. The lowest BCUT2D eigenvalue weighted by atomic mass is 10.8. The summed E-state index contributed by atoms with van der Waals surface area (Å²) in [4.78, 5) is 6.35. The van der Waals surface area contributed by atoms with Crippen molar-refractivity contribution in [3.05, 3.63) is 0 Å². The van der Waals surface area contributed by atoms with Gasteiger partial charge in [-0.15, -0.1) is 18.8 Å². The molecule has 0 aromatic rings. The van der Waals surface area contributed by atoms with Crippen molar-refractivity contribution in [1.29, 1.82) is 0 Å². The van der Waals surface area contributed by atoms with Crippen molar-refractivity contribution in [2.45, 2.75) is 6.29 Å². The summed E-state index contributed by atoms with van der Waals surface area (Å²) in [5.41, 5.74) is 0. The molecule has 0 aromatic heterocycles. The van der Waals surface area contributed by atoms with Crippen molar-refractivity contribution in [1.82, 2.24) is 0 Å². The molecule has 2 radical (unpaired) electrons. The van der Waals surface area contributed by atoms with Gasteiger partial charge in [-0.3, -0.25) is 0 Å². The maximum atomic E-state index is 11.0. The van der Waals surface area contributed by atoms with E-state index in [0.717, 1.165) is 0 Å². The lowest BCUT2D eigenvalue weighted by molar-refractivity contribution is -0.527. The van der Waals surface area contributed by atoms with Crippen molar-refractivity contribution >= 4 is 0 Å². The third kappa shape index (κ3) is 7.70. The summed E-state index contributed by atoms with van der Waals surface area (Å²) < 4.78 is 22.1. The van der Waals surface area contributed by atoms with Gasteiger partial charge < -0.3 is 0 Å². The maximum Gasteiger partial charge on any atom is 0.539 e.